The molecule has 2 heterocycles. The van der Waals surface area contributed by atoms with Crippen molar-refractivity contribution in [2.75, 3.05) is 11.9 Å². The summed E-state index contributed by atoms with van der Waals surface area (Å²) >= 11 is 11.1. The number of hydrogen-bond donors (Lipinski definition) is 0. The van der Waals surface area contributed by atoms with Gasteiger partial charge in [-0.25, -0.2) is 4.98 Å². The van der Waals surface area contributed by atoms with E-state index < -0.39 is 0 Å². The molecule has 0 aliphatic rings. The number of halogens is 2. The van der Waals surface area contributed by atoms with Crippen LogP contribution in [0.3, 0.4) is 0 Å². The summed E-state index contributed by atoms with van der Waals surface area (Å²) in [5.74, 6) is 1.49. The van der Waals surface area contributed by atoms with Crippen LogP contribution in [-0.2, 0) is 12.4 Å². The second-order valence-corrected chi connectivity index (χ2v) is 6.31. The first-order valence-corrected chi connectivity index (χ1v) is 7.77. The van der Waals surface area contributed by atoms with Crippen molar-refractivity contribution in [1.82, 2.24) is 4.98 Å². The molecule has 0 saturated heterocycles. The lowest BCUT2D eigenvalue weighted by Gasteiger charge is -2.18. The van der Waals surface area contributed by atoms with Gasteiger partial charge in [0.1, 0.15) is 5.82 Å². The molecular weight excluding hydrogens is 332 g/mol. The van der Waals surface area contributed by atoms with Crippen molar-refractivity contribution in [2.45, 2.75) is 19.3 Å². The second-order valence-electron chi connectivity index (χ2n) is 4.13. The Hall–Kier alpha value is -0.580. The highest BCUT2D eigenvalue weighted by Crippen LogP contribution is 2.23. The summed E-state index contributed by atoms with van der Waals surface area (Å²) in [5, 5.41) is 2.10. The third-order valence-electron chi connectivity index (χ3n) is 2.73. The largest absolute Gasteiger partial charge is 0.355 e. The summed E-state index contributed by atoms with van der Waals surface area (Å²) in [6.07, 6.45) is 0. The number of rotatable bonds is 4. The Morgan fingerprint density at radius 1 is 1.44 bits per heavy atom. The van der Waals surface area contributed by atoms with Gasteiger partial charge in [-0.05, 0) is 40.5 Å². The first kappa shape index (κ1) is 13.8. The number of aromatic nitrogens is 1. The molecule has 0 aliphatic heterocycles. The normalized spacial score (nSPS) is 10.7. The zero-order valence-corrected chi connectivity index (χ0v) is 13.4. The van der Waals surface area contributed by atoms with Gasteiger partial charge < -0.3 is 4.90 Å². The van der Waals surface area contributed by atoms with Crippen LogP contribution >= 0.6 is 38.9 Å². The van der Waals surface area contributed by atoms with Gasteiger partial charge in [0, 0.05) is 33.4 Å². The lowest BCUT2D eigenvalue weighted by Crippen LogP contribution is -2.17. The molecule has 0 fully saturated rings. The van der Waals surface area contributed by atoms with Crippen molar-refractivity contribution in [2.24, 2.45) is 0 Å². The highest BCUT2D eigenvalue weighted by molar-refractivity contribution is 9.10. The van der Waals surface area contributed by atoms with E-state index in [1.54, 1.807) is 11.3 Å². The molecule has 0 bridgehead atoms. The predicted molar refractivity (Wildman–Crippen MR) is 82.7 cm³/mol. The molecule has 5 heteroatoms. The average molecular weight is 346 g/mol. The topological polar surface area (TPSA) is 16.1 Å². The highest BCUT2D eigenvalue weighted by atomic mass is 79.9. The van der Waals surface area contributed by atoms with E-state index in [9.17, 15) is 0 Å². The first-order valence-electron chi connectivity index (χ1n) is 5.56. The standard InChI is InChI=1S/C13H14BrClN2S/c1-9-10(6-15)3-4-13(16-9)17(2)7-12-5-11(14)8-18-12/h3-5,8H,6-7H2,1-2H3. The van der Waals surface area contributed by atoms with Gasteiger partial charge in [-0.15, -0.1) is 22.9 Å². The number of alkyl halides is 1. The van der Waals surface area contributed by atoms with Crippen LogP contribution in [0.4, 0.5) is 5.82 Å². The molecule has 2 nitrogen and oxygen atoms in total. The molecule has 0 aliphatic carbocycles. The maximum Gasteiger partial charge on any atom is 0.128 e. The second kappa shape index (κ2) is 6.04. The lowest BCUT2D eigenvalue weighted by molar-refractivity contribution is 0.902. The van der Waals surface area contributed by atoms with Crippen LogP contribution < -0.4 is 4.90 Å². The van der Waals surface area contributed by atoms with Gasteiger partial charge in [0.05, 0.1) is 6.54 Å². The molecule has 0 atom stereocenters. The van der Waals surface area contributed by atoms with Crippen LogP contribution in [0.2, 0.25) is 0 Å². The molecule has 0 saturated carbocycles. The summed E-state index contributed by atoms with van der Waals surface area (Å²) in [4.78, 5) is 8.03. The number of thiophene rings is 1. The molecule has 0 unspecified atom stereocenters. The highest BCUT2D eigenvalue weighted by Gasteiger charge is 2.07. The van der Waals surface area contributed by atoms with E-state index in [1.807, 2.05) is 19.1 Å². The fourth-order valence-corrected chi connectivity index (χ4v) is 3.47. The van der Waals surface area contributed by atoms with Crippen molar-refractivity contribution >= 4 is 44.7 Å². The molecule has 18 heavy (non-hydrogen) atoms. The molecule has 2 aromatic heterocycles. The SMILES string of the molecule is Cc1nc(N(C)Cc2cc(Br)cs2)ccc1CCl. The number of nitrogens with zero attached hydrogens (tertiary/aromatic N) is 2. The zero-order valence-electron chi connectivity index (χ0n) is 10.3. The van der Waals surface area contributed by atoms with Gasteiger partial charge >= 0.3 is 0 Å². The minimum Gasteiger partial charge on any atom is -0.355 e. The van der Waals surface area contributed by atoms with Crippen LogP contribution in [0, 0.1) is 6.92 Å². The molecule has 0 aromatic carbocycles. The van der Waals surface area contributed by atoms with Gasteiger partial charge in [0.15, 0.2) is 0 Å². The van der Waals surface area contributed by atoms with Crippen LogP contribution in [0.25, 0.3) is 0 Å². The number of aryl methyl sites for hydroxylation is 1. The monoisotopic (exact) mass is 344 g/mol. The Morgan fingerprint density at radius 2 is 2.22 bits per heavy atom. The van der Waals surface area contributed by atoms with Gasteiger partial charge in [-0.2, -0.15) is 0 Å². The first-order chi connectivity index (χ1) is 8.60. The van der Waals surface area contributed by atoms with Crippen molar-refractivity contribution < 1.29 is 0 Å². The molecule has 0 amide bonds. The van der Waals surface area contributed by atoms with E-state index in [1.165, 1.54) is 4.88 Å². The third-order valence-corrected chi connectivity index (χ3v) is 4.70. The Balaban J connectivity index is 2.13. The fourth-order valence-electron chi connectivity index (χ4n) is 1.68. The molecule has 2 rings (SSSR count). The zero-order chi connectivity index (χ0) is 13.1. The fraction of sp³-hybridized carbons (Fsp3) is 0.308. The predicted octanol–water partition coefficient (Wildman–Crippen LogP) is 4.59. The maximum absolute atomic E-state index is 5.84. The average Bonchev–Trinajstić information content (AvgIpc) is 2.74. The van der Waals surface area contributed by atoms with E-state index >= 15 is 0 Å². The van der Waals surface area contributed by atoms with E-state index in [4.69, 9.17) is 11.6 Å². The van der Waals surface area contributed by atoms with Crippen LogP contribution in [0.5, 0.6) is 0 Å². The summed E-state index contributed by atoms with van der Waals surface area (Å²) in [6.45, 7) is 2.86. The lowest BCUT2D eigenvalue weighted by atomic mass is 10.2. The van der Waals surface area contributed by atoms with Gasteiger partial charge in [0.25, 0.3) is 0 Å². The minimum atomic E-state index is 0.515. The molecule has 0 radical (unpaired) electrons. The van der Waals surface area contributed by atoms with Crippen molar-refractivity contribution in [3.63, 3.8) is 0 Å². The summed E-state index contributed by atoms with van der Waals surface area (Å²) < 4.78 is 1.14. The summed E-state index contributed by atoms with van der Waals surface area (Å²) in [5.41, 5.74) is 2.09. The van der Waals surface area contributed by atoms with Gasteiger partial charge in [-0.3, -0.25) is 0 Å². The van der Waals surface area contributed by atoms with E-state index in [-0.39, 0.29) is 0 Å². The quantitative estimate of drug-likeness (QED) is 0.753. The van der Waals surface area contributed by atoms with Gasteiger partial charge in [0.2, 0.25) is 0 Å². The molecule has 96 valence electrons. The summed E-state index contributed by atoms with van der Waals surface area (Å²) in [6, 6.07) is 6.21. The minimum absolute atomic E-state index is 0.515. The smallest absolute Gasteiger partial charge is 0.128 e. The Labute approximate surface area is 125 Å². The van der Waals surface area contributed by atoms with Gasteiger partial charge in [-0.1, -0.05) is 6.07 Å². The van der Waals surface area contributed by atoms with E-state index in [0.717, 1.165) is 28.1 Å². The van der Waals surface area contributed by atoms with Crippen molar-refractivity contribution in [3.05, 3.63) is 44.2 Å². The van der Waals surface area contributed by atoms with Crippen LogP contribution in [0.1, 0.15) is 16.1 Å². The Kier molecular flexibility index (Phi) is 4.65. The van der Waals surface area contributed by atoms with E-state index in [2.05, 4.69) is 44.3 Å². The van der Waals surface area contributed by atoms with E-state index in [0.29, 0.717) is 5.88 Å². The summed E-state index contributed by atoms with van der Waals surface area (Å²) in [7, 11) is 2.05. The van der Waals surface area contributed by atoms with Crippen molar-refractivity contribution in [3.8, 4) is 0 Å². The third kappa shape index (κ3) is 3.25. The number of anilines is 1. The van der Waals surface area contributed by atoms with Crippen LogP contribution in [-0.4, -0.2) is 12.0 Å². The molecular formula is C13H14BrClN2S. The molecule has 0 N–H and O–H groups in total. The molecule has 2 aromatic rings. The Morgan fingerprint density at radius 3 is 2.78 bits per heavy atom. The van der Waals surface area contributed by atoms with Crippen LogP contribution in [0.15, 0.2) is 28.1 Å². The molecule has 0 spiro atoms. The Bertz CT molecular complexity index is 542. The number of pyridine rings is 1. The maximum atomic E-state index is 5.84. The number of hydrogen-bond acceptors (Lipinski definition) is 3. The van der Waals surface area contributed by atoms with Crippen molar-refractivity contribution in [1.29, 1.82) is 0 Å².